The predicted octanol–water partition coefficient (Wildman–Crippen LogP) is 3.34. The monoisotopic (exact) mass is 237 g/mol. The maximum absolute atomic E-state index is 10.3. The highest BCUT2D eigenvalue weighted by atomic mass is 16.5. The van der Waals surface area contributed by atoms with Gasteiger partial charge in [-0.15, -0.1) is 0 Å². The van der Waals surface area contributed by atoms with Crippen LogP contribution in [0.4, 0.5) is 0 Å². The number of aliphatic hydroxyl groups excluding tert-OH is 1. The van der Waals surface area contributed by atoms with Gasteiger partial charge in [0, 0.05) is 11.8 Å². The maximum atomic E-state index is 10.3. The molecular weight excluding hydrogens is 214 g/mol. The van der Waals surface area contributed by atoms with Gasteiger partial charge < -0.3 is 9.84 Å². The number of nitrogens with zero attached hydrogens (tertiary/aromatic N) is 1. The van der Waals surface area contributed by atoms with Crippen LogP contribution in [0.3, 0.4) is 0 Å². The first-order valence-corrected chi connectivity index (χ1v) is 6.16. The Balaban J connectivity index is 2.91. The van der Waals surface area contributed by atoms with Crippen LogP contribution < -0.4 is 4.74 Å². The summed E-state index contributed by atoms with van der Waals surface area (Å²) in [6.45, 7) is 10.1. The maximum Gasteiger partial charge on any atom is 0.138 e. The normalized spacial score (nSPS) is 13.8. The molecule has 0 aliphatic carbocycles. The van der Waals surface area contributed by atoms with Gasteiger partial charge in [0.1, 0.15) is 5.75 Å². The summed E-state index contributed by atoms with van der Waals surface area (Å²) in [5, 5.41) is 10.3. The second-order valence-electron chi connectivity index (χ2n) is 5.37. The van der Waals surface area contributed by atoms with Gasteiger partial charge in [0.25, 0.3) is 0 Å². The molecule has 1 unspecified atom stereocenters. The van der Waals surface area contributed by atoms with Crippen LogP contribution in [0.25, 0.3) is 0 Å². The molecule has 0 bridgehead atoms. The van der Waals surface area contributed by atoms with E-state index < -0.39 is 6.10 Å². The molecule has 0 aliphatic rings. The van der Waals surface area contributed by atoms with E-state index in [1.165, 1.54) is 0 Å². The quantitative estimate of drug-likeness (QED) is 0.854. The third kappa shape index (κ3) is 3.70. The summed E-state index contributed by atoms with van der Waals surface area (Å²) < 4.78 is 5.58. The average molecular weight is 237 g/mol. The highest BCUT2D eigenvalue weighted by Crippen LogP contribution is 2.36. The Hall–Kier alpha value is -1.09. The number of pyridine rings is 1. The lowest BCUT2D eigenvalue weighted by Gasteiger charge is -2.29. The van der Waals surface area contributed by atoms with Gasteiger partial charge in [-0.25, -0.2) is 0 Å². The topological polar surface area (TPSA) is 42.4 Å². The van der Waals surface area contributed by atoms with E-state index in [2.05, 4.69) is 11.9 Å². The van der Waals surface area contributed by atoms with Gasteiger partial charge in [-0.3, -0.25) is 4.98 Å². The lowest BCUT2D eigenvalue weighted by molar-refractivity contribution is 0.0460. The highest BCUT2D eigenvalue weighted by Gasteiger charge is 2.27. The van der Waals surface area contributed by atoms with Crippen molar-refractivity contribution in [2.24, 2.45) is 5.41 Å². The molecule has 0 saturated carbocycles. The van der Waals surface area contributed by atoms with Crippen LogP contribution in [-0.4, -0.2) is 16.2 Å². The van der Waals surface area contributed by atoms with Gasteiger partial charge in [-0.05, 0) is 31.7 Å². The van der Waals surface area contributed by atoms with E-state index in [0.717, 1.165) is 12.0 Å². The molecule has 0 aliphatic heterocycles. The van der Waals surface area contributed by atoms with Gasteiger partial charge >= 0.3 is 0 Å². The van der Waals surface area contributed by atoms with Crippen LogP contribution in [0.15, 0.2) is 18.5 Å². The second kappa shape index (κ2) is 5.50. The Bertz CT molecular complexity index is 361. The average Bonchev–Trinajstić information content (AvgIpc) is 2.27. The number of aromatic nitrogens is 1. The number of hydrogen-bond donors (Lipinski definition) is 1. The Morgan fingerprint density at radius 2 is 2.00 bits per heavy atom. The van der Waals surface area contributed by atoms with Crippen molar-refractivity contribution in [3.63, 3.8) is 0 Å². The largest absolute Gasteiger partial charge is 0.489 e. The molecule has 96 valence electrons. The molecule has 1 atom stereocenters. The zero-order valence-corrected chi connectivity index (χ0v) is 11.4. The van der Waals surface area contributed by atoms with Crippen molar-refractivity contribution < 1.29 is 9.84 Å². The summed E-state index contributed by atoms with van der Waals surface area (Å²) in [7, 11) is 0. The fraction of sp³-hybridized carbons (Fsp3) is 0.643. The number of ether oxygens (including phenoxy) is 1. The van der Waals surface area contributed by atoms with Crippen molar-refractivity contribution in [1.82, 2.24) is 4.98 Å². The molecule has 0 amide bonds. The minimum absolute atomic E-state index is 0.114. The third-order valence-corrected chi connectivity index (χ3v) is 3.07. The number of rotatable bonds is 5. The minimum Gasteiger partial charge on any atom is -0.489 e. The summed E-state index contributed by atoms with van der Waals surface area (Å²) in [5.74, 6) is 0.712. The standard InChI is InChI=1S/C14H23NO2/c1-6-14(4,5)13(16)11-7-12(9-15-8-11)17-10(2)3/h7-10,13,16H,6H2,1-5H3. The molecule has 1 aromatic heterocycles. The molecule has 17 heavy (non-hydrogen) atoms. The molecule has 0 fully saturated rings. The molecule has 3 heteroatoms. The zero-order chi connectivity index (χ0) is 13.1. The molecule has 0 aromatic carbocycles. The summed E-state index contributed by atoms with van der Waals surface area (Å²) in [6, 6.07) is 1.87. The first-order chi connectivity index (χ1) is 7.86. The van der Waals surface area contributed by atoms with Crippen LogP contribution in [0.5, 0.6) is 5.75 Å². The van der Waals surface area contributed by atoms with E-state index in [1.54, 1.807) is 12.4 Å². The number of aliphatic hydroxyl groups is 1. The van der Waals surface area contributed by atoms with Crippen LogP contribution in [-0.2, 0) is 0 Å². The lowest BCUT2D eigenvalue weighted by Crippen LogP contribution is -2.21. The van der Waals surface area contributed by atoms with Crippen LogP contribution in [0, 0.1) is 5.41 Å². The van der Waals surface area contributed by atoms with E-state index >= 15 is 0 Å². The van der Waals surface area contributed by atoms with Crippen molar-refractivity contribution in [3.05, 3.63) is 24.0 Å². The molecule has 0 saturated heterocycles. The summed E-state index contributed by atoms with van der Waals surface area (Å²) >= 11 is 0. The van der Waals surface area contributed by atoms with Crippen molar-refractivity contribution in [2.75, 3.05) is 0 Å². The van der Waals surface area contributed by atoms with Gasteiger partial charge in [-0.1, -0.05) is 20.8 Å². The van der Waals surface area contributed by atoms with E-state index in [0.29, 0.717) is 5.75 Å². The molecule has 1 heterocycles. The van der Waals surface area contributed by atoms with Crippen LogP contribution in [0.1, 0.15) is 52.7 Å². The summed E-state index contributed by atoms with van der Waals surface area (Å²) in [5.41, 5.74) is 0.660. The van der Waals surface area contributed by atoms with E-state index in [9.17, 15) is 5.11 Å². The fourth-order valence-corrected chi connectivity index (χ4v) is 1.57. The zero-order valence-electron chi connectivity index (χ0n) is 11.4. The summed E-state index contributed by atoms with van der Waals surface area (Å²) in [6.07, 6.45) is 3.88. The second-order valence-corrected chi connectivity index (χ2v) is 5.37. The molecular formula is C14H23NO2. The Morgan fingerprint density at radius 3 is 2.53 bits per heavy atom. The lowest BCUT2D eigenvalue weighted by atomic mass is 9.81. The van der Waals surface area contributed by atoms with Crippen LogP contribution in [0.2, 0.25) is 0 Å². The minimum atomic E-state index is -0.518. The molecule has 1 aromatic rings. The molecule has 0 radical (unpaired) electrons. The molecule has 3 nitrogen and oxygen atoms in total. The van der Waals surface area contributed by atoms with Gasteiger partial charge in [0.2, 0.25) is 0 Å². The molecule has 1 rings (SSSR count). The Morgan fingerprint density at radius 1 is 1.35 bits per heavy atom. The Kier molecular flexibility index (Phi) is 4.52. The third-order valence-electron chi connectivity index (χ3n) is 3.07. The molecule has 0 spiro atoms. The van der Waals surface area contributed by atoms with Gasteiger partial charge in [0.15, 0.2) is 0 Å². The van der Waals surface area contributed by atoms with Crippen molar-refractivity contribution in [2.45, 2.75) is 53.2 Å². The first-order valence-electron chi connectivity index (χ1n) is 6.16. The predicted molar refractivity (Wildman–Crippen MR) is 69.0 cm³/mol. The van der Waals surface area contributed by atoms with Crippen molar-refractivity contribution in [1.29, 1.82) is 0 Å². The van der Waals surface area contributed by atoms with Crippen LogP contribution >= 0.6 is 0 Å². The van der Waals surface area contributed by atoms with E-state index in [4.69, 9.17) is 4.74 Å². The van der Waals surface area contributed by atoms with Crippen molar-refractivity contribution in [3.8, 4) is 5.75 Å². The van der Waals surface area contributed by atoms with Gasteiger partial charge in [-0.2, -0.15) is 0 Å². The first kappa shape index (κ1) is 14.0. The van der Waals surface area contributed by atoms with E-state index in [-0.39, 0.29) is 11.5 Å². The number of hydrogen-bond acceptors (Lipinski definition) is 3. The Labute approximate surface area is 104 Å². The molecule has 1 N–H and O–H groups in total. The fourth-order valence-electron chi connectivity index (χ4n) is 1.57. The highest BCUT2D eigenvalue weighted by molar-refractivity contribution is 5.26. The SMILES string of the molecule is CCC(C)(C)C(O)c1cncc(OC(C)C)c1. The smallest absolute Gasteiger partial charge is 0.138 e. The summed E-state index contributed by atoms with van der Waals surface area (Å²) in [4.78, 5) is 4.12. The van der Waals surface area contributed by atoms with Crippen molar-refractivity contribution >= 4 is 0 Å². The van der Waals surface area contributed by atoms with E-state index in [1.807, 2.05) is 33.8 Å². The van der Waals surface area contributed by atoms with Gasteiger partial charge in [0.05, 0.1) is 18.4 Å².